The van der Waals surface area contributed by atoms with Crippen LogP contribution in [0.25, 0.3) is 10.2 Å². The molecule has 1 aliphatic heterocycles. The van der Waals surface area contributed by atoms with E-state index in [9.17, 15) is 18.0 Å². The van der Waals surface area contributed by atoms with E-state index in [1.807, 2.05) is 0 Å². The molecule has 4 rings (SSSR count). The van der Waals surface area contributed by atoms with E-state index < -0.39 is 6.36 Å². The number of carbonyl (C=O) groups is 1. The second kappa shape index (κ2) is 9.37. The Balaban J connectivity index is 1.56. The molecule has 0 aliphatic carbocycles. The van der Waals surface area contributed by atoms with Gasteiger partial charge in [-0.2, -0.15) is 0 Å². The molecule has 1 atom stereocenters. The van der Waals surface area contributed by atoms with Gasteiger partial charge in [-0.15, -0.1) is 13.2 Å². The van der Waals surface area contributed by atoms with Crippen molar-refractivity contribution in [2.45, 2.75) is 30.5 Å². The van der Waals surface area contributed by atoms with Crippen molar-refractivity contribution in [3.8, 4) is 5.75 Å². The van der Waals surface area contributed by atoms with Gasteiger partial charge in [-0.05, 0) is 31.0 Å². The highest BCUT2D eigenvalue weighted by atomic mass is 32.2. The van der Waals surface area contributed by atoms with E-state index in [0.29, 0.717) is 33.7 Å². The van der Waals surface area contributed by atoms with Gasteiger partial charge in [0.05, 0.1) is 28.6 Å². The summed E-state index contributed by atoms with van der Waals surface area (Å²) in [7, 11) is 0. The monoisotopic (exact) mass is 470 g/mol. The molecule has 1 unspecified atom stereocenters. The Kier molecular flexibility index (Phi) is 6.58. The Morgan fingerprint density at radius 1 is 1.32 bits per heavy atom. The summed E-state index contributed by atoms with van der Waals surface area (Å²) in [6, 6.07) is 5.60. The van der Waals surface area contributed by atoms with Gasteiger partial charge in [0.25, 0.3) is 0 Å². The number of ether oxygens (including phenoxy) is 2. The molecule has 3 aromatic rings. The van der Waals surface area contributed by atoms with Gasteiger partial charge < -0.3 is 9.47 Å². The molecule has 1 aliphatic rings. The van der Waals surface area contributed by atoms with Crippen molar-refractivity contribution in [2.75, 3.05) is 23.8 Å². The fourth-order valence-electron chi connectivity index (χ4n) is 3.05. The average molecular weight is 470 g/mol. The first-order valence-electron chi connectivity index (χ1n) is 9.35. The van der Waals surface area contributed by atoms with Gasteiger partial charge in [0.15, 0.2) is 10.3 Å². The van der Waals surface area contributed by atoms with E-state index in [-0.39, 0.29) is 23.5 Å². The lowest BCUT2D eigenvalue weighted by Crippen LogP contribution is -2.38. The number of halogens is 3. The molecule has 3 heterocycles. The van der Waals surface area contributed by atoms with Crippen LogP contribution in [0.3, 0.4) is 0 Å². The van der Waals surface area contributed by atoms with Gasteiger partial charge in [0.2, 0.25) is 5.91 Å². The molecule has 0 bridgehead atoms. The Bertz CT molecular complexity index is 1040. The maximum absolute atomic E-state index is 13.0. The van der Waals surface area contributed by atoms with E-state index in [0.717, 1.165) is 24.2 Å². The van der Waals surface area contributed by atoms with Gasteiger partial charge in [-0.25, -0.2) is 15.0 Å². The number of benzene rings is 1. The number of anilines is 1. The number of hydrogen-bond donors (Lipinski definition) is 0. The fourth-order valence-corrected chi connectivity index (χ4v) is 4.75. The van der Waals surface area contributed by atoms with Crippen LogP contribution in [0.15, 0.2) is 41.8 Å². The molecule has 0 N–H and O–H groups in total. The molecule has 0 radical (unpaired) electrons. The van der Waals surface area contributed by atoms with Gasteiger partial charge in [-0.1, -0.05) is 23.1 Å². The summed E-state index contributed by atoms with van der Waals surface area (Å²) in [5.74, 6) is -0.447. The number of rotatable bonds is 7. The molecule has 2 aromatic heterocycles. The van der Waals surface area contributed by atoms with E-state index in [1.54, 1.807) is 18.5 Å². The molecular formula is C19H17F3N4O3S2. The highest BCUT2D eigenvalue weighted by Crippen LogP contribution is 2.34. The Hall–Kier alpha value is -2.44. The molecule has 0 spiro atoms. The standard InChI is InChI=1S/C19H17F3N4O3S2/c20-19(21,22)29-12-4-5-14-15(9-12)31-18(25-14)26(10-13-3-1-8-28-13)16(27)11-30-17-23-6-2-7-24-17/h2,4-7,9,13H,1,3,8,10-11H2. The van der Waals surface area contributed by atoms with Crippen molar-refractivity contribution < 1.29 is 27.4 Å². The maximum Gasteiger partial charge on any atom is 0.573 e. The number of fused-ring (bicyclic) bond motifs is 1. The summed E-state index contributed by atoms with van der Waals surface area (Å²) in [6.07, 6.45) is 0.0403. The predicted octanol–water partition coefficient (Wildman–Crippen LogP) is 4.29. The third-order valence-corrected chi connectivity index (χ3v) is 6.29. The quantitative estimate of drug-likeness (QED) is 0.377. The maximum atomic E-state index is 13.0. The molecule has 1 saturated heterocycles. The highest BCUT2D eigenvalue weighted by Gasteiger charge is 2.31. The van der Waals surface area contributed by atoms with Crippen molar-refractivity contribution in [1.82, 2.24) is 15.0 Å². The van der Waals surface area contributed by atoms with Crippen molar-refractivity contribution in [3.05, 3.63) is 36.7 Å². The van der Waals surface area contributed by atoms with Gasteiger partial charge in [0, 0.05) is 25.1 Å². The first-order chi connectivity index (χ1) is 14.9. The Labute approximate surface area is 183 Å². The first kappa shape index (κ1) is 21.8. The van der Waals surface area contributed by atoms with E-state index >= 15 is 0 Å². The van der Waals surface area contributed by atoms with Crippen LogP contribution in [-0.4, -0.2) is 52.2 Å². The zero-order valence-electron chi connectivity index (χ0n) is 16.0. The van der Waals surface area contributed by atoms with Crippen LogP contribution in [0.1, 0.15) is 12.8 Å². The normalized spacial score (nSPS) is 16.5. The van der Waals surface area contributed by atoms with Crippen LogP contribution in [-0.2, 0) is 9.53 Å². The first-order valence-corrected chi connectivity index (χ1v) is 11.2. The Morgan fingerprint density at radius 3 is 2.84 bits per heavy atom. The van der Waals surface area contributed by atoms with Crippen LogP contribution in [0.4, 0.5) is 18.3 Å². The van der Waals surface area contributed by atoms with E-state index in [1.165, 1.54) is 34.9 Å². The van der Waals surface area contributed by atoms with Crippen LogP contribution in [0.2, 0.25) is 0 Å². The van der Waals surface area contributed by atoms with Gasteiger partial charge in [-0.3, -0.25) is 9.69 Å². The van der Waals surface area contributed by atoms with Crippen molar-refractivity contribution in [1.29, 1.82) is 0 Å². The number of hydrogen-bond acceptors (Lipinski definition) is 8. The van der Waals surface area contributed by atoms with Crippen molar-refractivity contribution in [3.63, 3.8) is 0 Å². The van der Waals surface area contributed by atoms with Crippen molar-refractivity contribution in [2.24, 2.45) is 0 Å². The smallest absolute Gasteiger partial charge is 0.406 e. The number of carbonyl (C=O) groups excluding carboxylic acids is 1. The Morgan fingerprint density at radius 2 is 2.13 bits per heavy atom. The molecule has 1 aromatic carbocycles. The summed E-state index contributed by atoms with van der Waals surface area (Å²) in [4.78, 5) is 27.2. The lowest BCUT2D eigenvalue weighted by Gasteiger charge is -2.22. The minimum atomic E-state index is -4.78. The molecule has 1 fully saturated rings. The topological polar surface area (TPSA) is 77.4 Å². The SMILES string of the molecule is O=C(CSc1ncccn1)N(CC1CCCO1)c1nc2ccc(OC(F)(F)F)cc2s1. The number of nitrogens with zero attached hydrogens (tertiary/aromatic N) is 4. The summed E-state index contributed by atoms with van der Waals surface area (Å²) in [5, 5.41) is 0.875. The van der Waals surface area contributed by atoms with Gasteiger partial charge in [0.1, 0.15) is 5.75 Å². The minimum absolute atomic E-state index is 0.0924. The van der Waals surface area contributed by atoms with Crippen LogP contribution < -0.4 is 9.64 Å². The minimum Gasteiger partial charge on any atom is -0.406 e. The van der Waals surface area contributed by atoms with Crippen LogP contribution >= 0.6 is 23.1 Å². The largest absolute Gasteiger partial charge is 0.573 e. The van der Waals surface area contributed by atoms with Crippen molar-refractivity contribution >= 4 is 44.4 Å². The zero-order valence-corrected chi connectivity index (χ0v) is 17.7. The summed E-state index contributed by atoms with van der Waals surface area (Å²) in [6.45, 7) is 0.956. The van der Waals surface area contributed by atoms with Crippen LogP contribution in [0, 0.1) is 0 Å². The summed E-state index contributed by atoms with van der Waals surface area (Å²) >= 11 is 2.33. The zero-order chi connectivity index (χ0) is 21.8. The fraction of sp³-hybridized carbons (Fsp3) is 0.368. The predicted molar refractivity (Wildman–Crippen MR) is 110 cm³/mol. The number of thiazole rings is 1. The molecule has 0 saturated carbocycles. The number of aromatic nitrogens is 3. The molecule has 1 amide bonds. The third-order valence-electron chi connectivity index (χ3n) is 4.39. The number of thioether (sulfide) groups is 1. The van der Waals surface area contributed by atoms with E-state index in [2.05, 4.69) is 19.7 Å². The average Bonchev–Trinajstić information content (AvgIpc) is 3.39. The molecule has 12 heteroatoms. The lowest BCUT2D eigenvalue weighted by molar-refractivity contribution is -0.274. The molecule has 7 nitrogen and oxygen atoms in total. The third kappa shape index (κ3) is 5.83. The van der Waals surface area contributed by atoms with E-state index in [4.69, 9.17) is 4.74 Å². The molecule has 164 valence electrons. The second-order valence-electron chi connectivity index (χ2n) is 6.63. The lowest BCUT2D eigenvalue weighted by atomic mass is 10.2. The van der Waals surface area contributed by atoms with Crippen LogP contribution in [0.5, 0.6) is 5.75 Å². The number of amides is 1. The molecule has 31 heavy (non-hydrogen) atoms. The summed E-state index contributed by atoms with van der Waals surface area (Å²) < 4.78 is 47.7. The highest BCUT2D eigenvalue weighted by molar-refractivity contribution is 7.99. The van der Waals surface area contributed by atoms with Gasteiger partial charge >= 0.3 is 6.36 Å². The molecular weight excluding hydrogens is 453 g/mol. The summed E-state index contributed by atoms with van der Waals surface area (Å²) in [5.41, 5.74) is 0.485. The second-order valence-corrected chi connectivity index (χ2v) is 8.58. The number of alkyl halides is 3.